The number of rotatable bonds is 5. The van der Waals surface area contributed by atoms with Crippen molar-refractivity contribution in [1.29, 1.82) is 0 Å². The van der Waals surface area contributed by atoms with Gasteiger partial charge in [0, 0.05) is 4.70 Å². The van der Waals surface area contributed by atoms with Crippen LogP contribution in [0.2, 0.25) is 0 Å². The van der Waals surface area contributed by atoms with Gasteiger partial charge in [0.25, 0.3) is 0 Å². The van der Waals surface area contributed by atoms with Crippen molar-refractivity contribution in [3.8, 4) is 11.1 Å². The van der Waals surface area contributed by atoms with E-state index in [2.05, 4.69) is 60.8 Å². The Hall–Kier alpha value is -1.60. The Bertz CT molecular complexity index is 676. The van der Waals surface area contributed by atoms with E-state index in [1.807, 2.05) is 11.3 Å². The Morgan fingerprint density at radius 1 is 0.850 bits per heavy atom. The van der Waals surface area contributed by atoms with Gasteiger partial charge < -0.3 is 0 Å². The molecule has 1 heterocycles. The lowest BCUT2D eigenvalue weighted by molar-refractivity contribution is 0.717. The first kappa shape index (κ1) is 13.4. The van der Waals surface area contributed by atoms with Crippen molar-refractivity contribution in [2.45, 2.75) is 32.6 Å². The van der Waals surface area contributed by atoms with E-state index in [-0.39, 0.29) is 0 Å². The van der Waals surface area contributed by atoms with Crippen molar-refractivity contribution in [3.05, 3.63) is 59.5 Å². The van der Waals surface area contributed by atoms with Gasteiger partial charge >= 0.3 is 0 Å². The number of hydrogen-bond acceptors (Lipinski definition) is 1. The van der Waals surface area contributed by atoms with Gasteiger partial charge in [-0.25, -0.2) is 0 Å². The van der Waals surface area contributed by atoms with Crippen LogP contribution in [0.25, 0.3) is 21.2 Å². The number of unbranched alkanes of at least 4 members (excludes halogenated alkanes) is 2. The Kier molecular flexibility index (Phi) is 4.17. The van der Waals surface area contributed by atoms with Crippen LogP contribution in [-0.4, -0.2) is 0 Å². The van der Waals surface area contributed by atoms with Gasteiger partial charge in [0.1, 0.15) is 0 Å². The van der Waals surface area contributed by atoms with Crippen LogP contribution in [0.4, 0.5) is 0 Å². The van der Waals surface area contributed by atoms with E-state index < -0.39 is 0 Å². The van der Waals surface area contributed by atoms with Gasteiger partial charge in [-0.2, -0.15) is 0 Å². The lowest BCUT2D eigenvalue weighted by atomic mass is 10.0. The van der Waals surface area contributed by atoms with Gasteiger partial charge in [0.05, 0.1) is 0 Å². The Labute approximate surface area is 125 Å². The second-order valence-electron chi connectivity index (χ2n) is 5.33. The molecule has 0 fully saturated rings. The lowest BCUT2D eigenvalue weighted by Crippen LogP contribution is -1.85. The molecular weight excluding hydrogens is 260 g/mol. The minimum atomic E-state index is 1.21. The molecule has 0 radical (unpaired) electrons. The van der Waals surface area contributed by atoms with Gasteiger partial charge in [0.15, 0.2) is 0 Å². The summed E-state index contributed by atoms with van der Waals surface area (Å²) in [6.07, 6.45) is 5.13. The maximum Gasteiger partial charge on any atom is 0.0348 e. The molecule has 20 heavy (non-hydrogen) atoms. The van der Waals surface area contributed by atoms with E-state index in [1.165, 1.54) is 52.5 Å². The first-order valence-corrected chi connectivity index (χ1v) is 8.31. The Morgan fingerprint density at radius 3 is 2.45 bits per heavy atom. The summed E-state index contributed by atoms with van der Waals surface area (Å²) in [5.41, 5.74) is 4.10. The number of benzene rings is 2. The molecule has 2 aromatic carbocycles. The molecule has 102 valence electrons. The van der Waals surface area contributed by atoms with Crippen molar-refractivity contribution in [1.82, 2.24) is 0 Å². The fourth-order valence-corrected chi connectivity index (χ4v) is 3.41. The van der Waals surface area contributed by atoms with Crippen molar-refractivity contribution in [3.63, 3.8) is 0 Å². The molecule has 0 aliphatic carbocycles. The average Bonchev–Trinajstić information content (AvgIpc) is 2.96. The highest BCUT2D eigenvalue weighted by molar-refractivity contribution is 7.17. The summed E-state index contributed by atoms with van der Waals surface area (Å²) in [7, 11) is 0. The largest absolute Gasteiger partial charge is 0.144 e. The van der Waals surface area contributed by atoms with Crippen LogP contribution in [0.15, 0.2) is 53.9 Å². The predicted octanol–water partition coefficient (Wildman–Crippen LogP) is 6.30. The second kappa shape index (κ2) is 6.23. The predicted molar refractivity (Wildman–Crippen MR) is 90.5 cm³/mol. The normalized spacial score (nSPS) is 11.1. The fourth-order valence-electron chi connectivity index (χ4n) is 2.58. The van der Waals surface area contributed by atoms with Crippen LogP contribution in [0.5, 0.6) is 0 Å². The van der Waals surface area contributed by atoms with Gasteiger partial charge in [-0.1, -0.05) is 56.2 Å². The third-order valence-corrected chi connectivity index (χ3v) is 4.69. The molecule has 0 amide bonds. The van der Waals surface area contributed by atoms with Crippen LogP contribution in [0.3, 0.4) is 0 Å². The summed E-state index contributed by atoms with van der Waals surface area (Å²) in [6, 6.07) is 18.0. The zero-order chi connectivity index (χ0) is 13.8. The SMILES string of the molecule is CCCCCc1ccc(-c2ccc3ccsc3c2)cc1. The maximum absolute atomic E-state index is 2.30. The standard InChI is InChI=1S/C19H20S/c1-2-3-4-5-15-6-8-16(9-7-15)18-11-10-17-12-13-20-19(17)14-18/h6-14H,2-5H2,1H3. The summed E-state index contributed by atoms with van der Waals surface area (Å²) < 4.78 is 1.37. The second-order valence-corrected chi connectivity index (χ2v) is 6.27. The lowest BCUT2D eigenvalue weighted by Gasteiger charge is -2.05. The highest BCUT2D eigenvalue weighted by Gasteiger charge is 2.01. The van der Waals surface area contributed by atoms with E-state index in [0.29, 0.717) is 0 Å². The van der Waals surface area contributed by atoms with Crippen molar-refractivity contribution >= 4 is 21.4 Å². The Balaban J connectivity index is 1.79. The third-order valence-electron chi connectivity index (χ3n) is 3.81. The van der Waals surface area contributed by atoms with E-state index in [4.69, 9.17) is 0 Å². The smallest absolute Gasteiger partial charge is 0.0348 e. The van der Waals surface area contributed by atoms with Gasteiger partial charge in [-0.3, -0.25) is 0 Å². The van der Waals surface area contributed by atoms with E-state index in [0.717, 1.165) is 0 Å². The molecule has 0 bridgehead atoms. The molecule has 0 saturated carbocycles. The summed E-state index contributed by atoms with van der Waals surface area (Å²) >= 11 is 1.81. The zero-order valence-corrected chi connectivity index (χ0v) is 12.7. The number of fused-ring (bicyclic) bond motifs is 1. The molecule has 3 rings (SSSR count). The van der Waals surface area contributed by atoms with Crippen LogP contribution in [0.1, 0.15) is 31.7 Å². The summed E-state index contributed by atoms with van der Waals surface area (Å²) in [5, 5.41) is 3.50. The average molecular weight is 280 g/mol. The van der Waals surface area contributed by atoms with E-state index in [9.17, 15) is 0 Å². The molecule has 3 aromatic rings. The monoisotopic (exact) mass is 280 g/mol. The molecule has 0 spiro atoms. The molecule has 0 nitrogen and oxygen atoms in total. The van der Waals surface area contributed by atoms with Gasteiger partial charge in [-0.05, 0) is 52.4 Å². The third kappa shape index (κ3) is 2.94. The molecular formula is C19H20S. The molecule has 1 aromatic heterocycles. The highest BCUT2D eigenvalue weighted by atomic mass is 32.1. The van der Waals surface area contributed by atoms with Crippen LogP contribution in [-0.2, 0) is 6.42 Å². The van der Waals surface area contributed by atoms with Crippen molar-refractivity contribution < 1.29 is 0 Å². The first-order chi connectivity index (χ1) is 9.86. The fraction of sp³-hybridized carbons (Fsp3) is 0.263. The van der Waals surface area contributed by atoms with Gasteiger partial charge in [-0.15, -0.1) is 11.3 Å². The van der Waals surface area contributed by atoms with Crippen molar-refractivity contribution in [2.24, 2.45) is 0 Å². The molecule has 0 unspecified atom stereocenters. The molecule has 0 aliphatic heterocycles. The molecule has 0 atom stereocenters. The summed E-state index contributed by atoms with van der Waals surface area (Å²) in [5.74, 6) is 0. The van der Waals surface area contributed by atoms with Crippen LogP contribution in [0, 0.1) is 0 Å². The van der Waals surface area contributed by atoms with Crippen molar-refractivity contribution in [2.75, 3.05) is 0 Å². The maximum atomic E-state index is 2.30. The summed E-state index contributed by atoms with van der Waals surface area (Å²) in [6.45, 7) is 2.25. The molecule has 0 aliphatic rings. The van der Waals surface area contributed by atoms with Crippen LogP contribution < -0.4 is 0 Å². The van der Waals surface area contributed by atoms with Gasteiger partial charge in [0.2, 0.25) is 0 Å². The zero-order valence-electron chi connectivity index (χ0n) is 11.9. The number of thiophene rings is 1. The molecule has 1 heteroatoms. The number of hydrogen-bond donors (Lipinski definition) is 0. The van der Waals surface area contributed by atoms with E-state index in [1.54, 1.807) is 0 Å². The molecule has 0 N–H and O–H groups in total. The number of aryl methyl sites for hydroxylation is 1. The highest BCUT2D eigenvalue weighted by Crippen LogP contribution is 2.28. The topological polar surface area (TPSA) is 0 Å². The first-order valence-electron chi connectivity index (χ1n) is 7.43. The minimum absolute atomic E-state index is 1.21. The Morgan fingerprint density at radius 2 is 1.65 bits per heavy atom. The molecule has 0 saturated heterocycles. The van der Waals surface area contributed by atoms with Crippen LogP contribution >= 0.6 is 11.3 Å². The van der Waals surface area contributed by atoms with E-state index >= 15 is 0 Å². The summed E-state index contributed by atoms with van der Waals surface area (Å²) in [4.78, 5) is 0. The quantitative estimate of drug-likeness (QED) is 0.481. The minimum Gasteiger partial charge on any atom is -0.144 e.